The second-order valence-corrected chi connectivity index (χ2v) is 5.76. The molecule has 0 unspecified atom stereocenters. The summed E-state index contributed by atoms with van der Waals surface area (Å²) in [4.78, 5) is 14.0. The predicted molar refractivity (Wildman–Crippen MR) is 93.5 cm³/mol. The van der Waals surface area contributed by atoms with Gasteiger partial charge in [-0.15, -0.1) is 0 Å². The molecule has 0 aliphatic carbocycles. The average molecular weight is 311 g/mol. The van der Waals surface area contributed by atoms with Crippen LogP contribution in [0.15, 0.2) is 42.5 Å². The maximum atomic E-state index is 12.3. The van der Waals surface area contributed by atoms with Crippen LogP contribution < -0.4 is 16.0 Å². The fourth-order valence-corrected chi connectivity index (χ4v) is 3.00. The molecule has 0 aromatic heterocycles. The van der Waals surface area contributed by atoms with Gasteiger partial charge in [0.15, 0.2) is 5.11 Å². The van der Waals surface area contributed by atoms with Crippen molar-refractivity contribution in [2.24, 2.45) is 5.73 Å². The minimum absolute atomic E-state index is 0.0110. The SMILES string of the molecule is CC(=O)N1c2ccccc2CCc2ccc(NC(N)=S)cc21. The molecule has 0 fully saturated rings. The molecule has 3 N–H and O–H groups in total. The summed E-state index contributed by atoms with van der Waals surface area (Å²) in [6.45, 7) is 1.58. The van der Waals surface area contributed by atoms with Gasteiger partial charge < -0.3 is 11.1 Å². The second-order valence-electron chi connectivity index (χ2n) is 5.32. The van der Waals surface area contributed by atoms with E-state index >= 15 is 0 Å². The van der Waals surface area contributed by atoms with E-state index in [4.69, 9.17) is 18.0 Å². The fraction of sp³-hybridized carbons (Fsp3) is 0.176. The van der Waals surface area contributed by atoms with Crippen molar-refractivity contribution in [3.05, 3.63) is 53.6 Å². The zero-order chi connectivity index (χ0) is 15.7. The first kappa shape index (κ1) is 14.5. The number of thiocarbonyl (C=S) groups is 1. The Balaban J connectivity index is 2.15. The zero-order valence-electron chi connectivity index (χ0n) is 12.3. The van der Waals surface area contributed by atoms with Crippen LogP contribution in [0.2, 0.25) is 0 Å². The van der Waals surface area contributed by atoms with Gasteiger partial charge in [0.25, 0.3) is 0 Å². The maximum Gasteiger partial charge on any atom is 0.228 e. The van der Waals surface area contributed by atoms with Crippen molar-refractivity contribution in [1.82, 2.24) is 0 Å². The van der Waals surface area contributed by atoms with Gasteiger partial charge in [0.05, 0.1) is 11.4 Å². The lowest BCUT2D eigenvalue weighted by atomic mass is 10.0. The molecule has 0 radical (unpaired) electrons. The number of fused-ring (bicyclic) bond motifs is 2. The smallest absolute Gasteiger partial charge is 0.228 e. The number of aryl methyl sites for hydroxylation is 2. The van der Waals surface area contributed by atoms with Crippen molar-refractivity contribution in [3.8, 4) is 0 Å². The molecule has 1 aliphatic rings. The Hall–Kier alpha value is -2.40. The van der Waals surface area contributed by atoms with Crippen LogP contribution in [0.1, 0.15) is 18.1 Å². The minimum atomic E-state index is -0.0110. The van der Waals surface area contributed by atoms with Gasteiger partial charge in [-0.3, -0.25) is 9.69 Å². The Bertz CT molecular complexity index is 757. The lowest BCUT2D eigenvalue weighted by Gasteiger charge is -2.24. The van der Waals surface area contributed by atoms with Crippen LogP contribution in [0, 0.1) is 0 Å². The number of para-hydroxylation sites is 1. The van der Waals surface area contributed by atoms with Gasteiger partial charge in [0.2, 0.25) is 5.91 Å². The molecule has 0 saturated heterocycles. The van der Waals surface area contributed by atoms with Crippen molar-refractivity contribution in [1.29, 1.82) is 0 Å². The van der Waals surface area contributed by atoms with E-state index in [0.717, 1.165) is 35.5 Å². The number of amides is 1. The summed E-state index contributed by atoms with van der Waals surface area (Å²) in [5.74, 6) is -0.0110. The Kier molecular flexibility index (Phi) is 3.81. The second kappa shape index (κ2) is 5.77. The third-order valence-corrected chi connectivity index (χ3v) is 3.91. The lowest BCUT2D eigenvalue weighted by molar-refractivity contribution is -0.115. The number of nitrogens with one attached hydrogen (secondary N) is 1. The number of nitrogens with two attached hydrogens (primary N) is 1. The number of anilines is 3. The number of rotatable bonds is 1. The normalized spacial score (nSPS) is 12.9. The van der Waals surface area contributed by atoms with Gasteiger partial charge in [-0.25, -0.2) is 0 Å². The molecule has 3 rings (SSSR count). The van der Waals surface area contributed by atoms with Crippen molar-refractivity contribution >= 4 is 40.3 Å². The molecule has 0 bridgehead atoms. The van der Waals surface area contributed by atoms with Crippen LogP contribution in [-0.4, -0.2) is 11.0 Å². The van der Waals surface area contributed by atoms with E-state index in [1.165, 1.54) is 5.56 Å². The van der Waals surface area contributed by atoms with E-state index in [1.807, 2.05) is 36.4 Å². The minimum Gasteiger partial charge on any atom is -0.376 e. The van der Waals surface area contributed by atoms with Crippen LogP contribution in [0.3, 0.4) is 0 Å². The molecule has 1 heterocycles. The van der Waals surface area contributed by atoms with E-state index in [1.54, 1.807) is 11.8 Å². The molecule has 2 aromatic rings. The van der Waals surface area contributed by atoms with Crippen molar-refractivity contribution in [3.63, 3.8) is 0 Å². The first-order chi connectivity index (χ1) is 10.6. The molecule has 0 atom stereocenters. The van der Waals surface area contributed by atoms with Crippen molar-refractivity contribution in [2.75, 3.05) is 10.2 Å². The third-order valence-electron chi connectivity index (χ3n) is 3.80. The predicted octanol–water partition coefficient (Wildman–Crippen LogP) is 3.13. The molecular weight excluding hydrogens is 294 g/mol. The van der Waals surface area contributed by atoms with Gasteiger partial charge in [0, 0.05) is 12.6 Å². The van der Waals surface area contributed by atoms with Gasteiger partial charge in [-0.05, 0) is 54.4 Å². The molecule has 5 heteroatoms. The van der Waals surface area contributed by atoms with Crippen LogP contribution in [-0.2, 0) is 17.6 Å². The third kappa shape index (κ3) is 2.67. The Morgan fingerprint density at radius 3 is 2.50 bits per heavy atom. The van der Waals surface area contributed by atoms with E-state index in [0.29, 0.717) is 0 Å². The highest BCUT2D eigenvalue weighted by Crippen LogP contribution is 2.37. The van der Waals surface area contributed by atoms with Crippen LogP contribution >= 0.6 is 12.2 Å². The number of hydrogen-bond acceptors (Lipinski definition) is 2. The van der Waals surface area contributed by atoms with Crippen molar-refractivity contribution in [2.45, 2.75) is 19.8 Å². The Morgan fingerprint density at radius 1 is 1.14 bits per heavy atom. The van der Waals surface area contributed by atoms with E-state index in [2.05, 4.69) is 11.4 Å². The number of carbonyl (C=O) groups excluding carboxylic acids is 1. The van der Waals surface area contributed by atoms with Gasteiger partial charge in [-0.2, -0.15) is 0 Å². The van der Waals surface area contributed by atoms with Gasteiger partial charge >= 0.3 is 0 Å². The topological polar surface area (TPSA) is 58.4 Å². The number of benzene rings is 2. The lowest BCUT2D eigenvalue weighted by Crippen LogP contribution is -2.24. The summed E-state index contributed by atoms with van der Waals surface area (Å²) in [7, 11) is 0. The summed E-state index contributed by atoms with van der Waals surface area (Å²) < 4.78 is 0. The van der Waals surface area contributed by atoms with Gasteiger partial charge in [-0.1, -0.05) is 24.3 Å². The summed E-state index contributed by atoms with van der Waals surface area (Å²) in [6.07, 6.45) is 1.80. The maximum absolute atomic E-state index is 12.3. The molecule has 0 saturated carbocycles. The molecular formula is C17H17N3OS. The summed E-state index contributed by atoms with van der Waals surface area (Å²) in [5.41, 5.74) is 10.5. The Labute approximate surface area is 134 Å². The summed E-state index contributed by atoms with van der Waals surface area (Å²) >= 11 is 4.89. The van der Waals surface area contributed by atoms with Crippen LogP contribution in [0.5, 0.6) is 0 Å². The fourth-order valence-electron chi connectivity index (χ4n) is 2.88. The molecule has 1 aliphatic heterocycles. The molecule has 112 valence electrons. The zero-order valence-corrected chi connectivity index (χ0v) is 13.1. The standard InChI is InChI=1S/C17H17N3OS/c1-11(21)20-15-5-3-2-4-12(15)6-7-13-8-9-14(10-16(13)20)19-17(18)22/h2-5,8-10H,6-7H2,1H3,(H3,18,19,22). The average Bonchev–Trinajstić information content (AvgIpc) is 2.62. The van der Waals surface area contributed by atoms with E-state index in [-0.39, 0.29) is 11.0 Å². The quantitative estimate of drug-likeness (QED) is 0.795. The highest BCUT2D eigenvalue weighted by atomic mass is 32.1. The molecule has 22 heavy (non-hydrogen) atoms. The van der Waals surface area contributed by atoms with Crippen molar-refractivity contribution < 1.29 is 4.79 Å². The molecule has 1 amide bonds. The Morgan fingerprint density at radius 2 is 1.82 bits per heavy atom. The highest BCUT2D eigenvalue weighted by molar-refractivity contribution is 7.80. The number of carbonyl (C=O) groups is 1. The molecule has 4 nitrogen and oxygen atoms in total. The number of hydrogen-bond donors (Lipinski definition) is 2. The van der Waals surface area contributed by atoms with E-state index < -0.39 is 0 Å². The van der Waals surface area contributed by atoms with Crippen LogP contribution in [0.25, 0.3) is 0 Å². The first-order valence-electron chi connectivity index (χ1n) is 7.14. The summed E-state index contributed by atoms with van der Waals surface area (Å²) in [5, 5.41) is 3.14. The summed E-state index contributed by atoms with van der Waals surface area (Å²) in [6, 6.07) is 13.9. The number of nitrogens with zero attached hydrogens (tertiary/aromatic N) is 1. The monoisotopic (exact) mass is 311 g/mol. The van der Waals surface area contributed by atoms with Gasteiger partial charge in [0.1, 0.15) is 0 Å². The van der Waals surface area contributed by atoms with E-state index in [9.17, 15) is 4.79 Å². The van der Waals surface area contributed by atoms with Crippen LogP contribution in [0.4, 0.5) is 17.1 Å². The highest BCUT2D eigenvalue weighted by Gasteiger charge is 2.23. The first-order valence-corrected chi connectivity index (χ1v) is 7.55. The molecule has 0 spiro atoms. The molecule has 2 aromatic carbocycles. The largest absolute Gasteiger partial charge is 0.376 e.